The van der Waals surface area contributed by atoms with Gasteiger partial charge in [-0.3, -0.25) is 0 Å². The lowest BCUT2D eigenvalue weighted by Crippen LogP contribution is -2.24. The molecular formula is C20H21F3N6O2. The summed E-state index contributed by atoms with van der Waals surface area (Å²) in [4.78, 5) is 10.1. The Labute approximate surface area is 177 Å². The van der Waals surface area contributed by atoms with Crippen molar-refractivity contribution in [1.29, 1.82) is 0 Å². The molecule has 0 amide bonds. The molecular weight excluding hydrogens is 413 g/mol. The van der Waals surface area contributed by atoms with E-state index in [2.05, 4.69) is 30.2 Å². The molecule has 0 aliphatic rings. The Hall–Kier alpha value is -3.63. The topological polar surface area (TPSA) is 85.3 Å². The van der Waals surface area contributed by atoms with Gasteiger partial charge in [0.25, 0.3) is 0 Å². The highest BCUT2D eigenvalue weighted by atomic mass is 19.3. The number of methoxy groups -OCH3 is 1. The second kappa shape index (κ2) is 9.92. The van der Waals surface area contributed by atoms with Crippen LogP contribution < -0.4 is 19.7 Å². The summed E-state index contributed by atoms with van der Waals surface area (Å²) in [6.07, 6.45) is 1.09. The number of halogens is 3. The van der Waals surface area contributed by atoms with Crippen molar-refractivity contribution in [2.24, 2.45) is 0 Å². The van der Waals surface area contributed by atoms with E-state index < -0.39 is 12.4 Å². The molecule has 11 heteroatoms. The minimum Gasteiger partial charge on any atom is -0.479 e. The molecule has 0 radical (unpaired) electrons. The van der Waals surface area contributed by atoms with Gasteiger partial charge in [0.15, 0.2) is 17.5 Å². The van der Waals surface area contributed by atoms with E-state index in [0.29, 0.717) is 30.2 Å². The van der Waals surface area contributed by atoms with Gasteiger partial charge in [0.2, 0.25) is 11.8 Å². The van der Waals surface area contributed by atoms with Gasteiger partial charge in [-0.05, 0) is 37.6 Å². The standard InChI is InChI=1S/C20H21F3N6O2/c1-4-29(5-2)20-24-11-15(21)17(26-20)25-16-10-14(18(30-3)28-27-16)12-6-8-13(9-7-12)31-19(22)23/h6-11,19H,4-5H2,1-3H3,(H,24,25,26,27). The third-order valence-electron chi connectivity index (χ3n) is 4.37. The zero-order valence-electron chi connectivity index (χ0n) is 17.1. The maximum atomic E-state index is 14.3. The van der Waals surface area contributed by atoms with Gasteiger partial charge in [0.1, 0.15) is 5.75 Å². The summed E-state index contributed by atoms with van der Waals surface area (Å²) in [6.45, 7) is 2.31. The highest BCUT2D eigenvalue weighted by Gasteiger charge is 2.15. The number of hydrogen-bond acceptors (Lipinski definition) is 8. The summed E-state index contributed by atoms with van der Waals surface area (Å²) in [5.74, 6) is 0.119. The van der Waals surface area contributed by atoms with Crippen LogP contribution in [0.2, 0.25) is 0 Å². The first-order valence-corrected chi connectivity index (χ1v) is 9.46. The normalized spacial score (nSPS) is 10.8. The molecule has 0 aliphatic carbocycles. The number of hydrogen-bond donors (Lipinski definition) is 1. The van der Waals surface area contributed by atoms with Gasteiger partial charge in [0.05, 0.1) is 13.3 Å². The van der Waals surface area contributed by atoms with E-state index in [1.807, 2.05) is 18.7 Å². The Morgan fingerprint density at radius 2 is 1.81 bits per heavy atom. The van der Waals surface area contributed by atoms with Gasteiger partial charge >= 0.3 is 6.61 Å². The van der Waals surface area contributed by atoms with Crippen LogP contribution in [0, 0.1) is 5.82 Å². The molecule has 1 aromatic carbocycles. The van der Waals surface area contributed by atoms with E-state index >= 15 is 0 Å². The number of nitrogens with zero attached hydrogens (tertiary/aromatic N) is 5. The second-order valence-corrected chi connectivity index (χ2v) is 6.22. The molecule has 2 heterocycles. The first-order valence-electron chi connectivity index (χ1n) is 9.46. The first kappa shape index (κ1) is 22.1. The molecule has 0 bridgehead atoms. The average Bonchev–Trinajstić information content (AvgIpc) is 2.77. The fourth-order valence-corrected chi connectivity index (χ4v) is 2.84. The van der Waals surface area contributed by atoms with Crippen LogP contribution in [0.1, 0.15) is 13.8 Å². The predicted octanol–water partition coefficient (Wildman–Crippen LogP) is 4.27. The molecule has 0 aliphatic heterocycles. The highest BCUT2D eigenvalue weighted by molar-refractivity contribution is 5.72. The van der Waals surface area contributed by atoms with Crippen molar-refractivity contribution in [2.45, 2.75) is 20.5 Å². The Balaban J connectivity index is 1.91. The van der Waals surface area contributed by atoms with Crippen LogP contribution in [0.3, 0.4) is 0 Å². The Morgan fingerprint density at radius 1 is 1.10 bits per heavy atom. The molecule has 0 unspecified atom stereocenters. The molecule has 31 heavy (non-hydrogen) atoms. The Kier molecular flexibility index (Phi) is 7.06. The quantitative estimate of drug-likeness (QED) is 0.534. The lowest BCUT2D eigenvalue weighted by molar-refractivity contribution is -0.0498. The zero-order chi connectivity index (χ0) is 22.4. The minimum absolute atomic E-state index is 0.0186. The maximum absolute atomic E-state index is 14.3. The van der Waals surface area contributed by atoms with Crippen molar-refractivity contribution in [3.8, 4) is 22.8 Å². The molecule has 2 aromatic heterocycles. The number of rotatable bonds is 9. The van der Waals surface area contributed by atoms with Crippen molar-refractivity contribution in [3.05, 3.63) is 42.3 Å². The number of benzene rings is 1. The van der Waals surface area contributed by atoms with Crippen molar-refractivity contribution >= 4 is 17.6 Å². The summed E-state index contributed by atoms with van der Waals surface area (Å²) in [5, 5.41) is 10.8. The monoisotopic (exact) mass is 434 g/mol. The lowest BCUT2D eigenvalue weighted by Gasteiger charge is -2.19. The Morgan fingerprint density at radius 3 is 2.42 bits per heavy atom. The minimum atomic E-state index is -2.91. The summed E-state index contributed by atoms with van der Waals surface area (Å²) < 4.78 is 48.6. The van der Waals surface area contributed by atoms with Crippen molar-refractivity contribution in [2.75, 3.05) is 30.4 Å². The van der Waals surface area contributed by atoms with Gasteiger partial charge in [0, 0.05) is 18.7 Å². The van der Waals surface area contributed by atoms with E-state index in [4.69, 9.17) is 4.74 Å². The smallest absolute Gasteiger partial charge is 0.387 e. The van der Waals surface area contributed by atoms with Crippen molar-refractivity contribution in [3.63, 3.8) is 0 Å². The molecule has 3 rings (SSSR count). The summed E-state index contributed by atoms with van der Waals surface area (Å²) >= 11 is 0. The van der Waals surface area contributed by atoms with Crippen LogP contribution in [0.4, 0.5) is 30.8 Å². The first-order chi connectivity index (χ1) is 14.9. The molecule has 0 atom stereocenters. The van der Waals surface area contributed by atoms with Crippen LogP contribution in [-0.2, 0) is 0 Å². The van der Waals surface area contributed by atoms with E-state index in [1.54, 1.807) is 18.2 Å². The van der Waals surface area contributed by atoms with E-state index in [1.165, 1.54) is 19.2 Å². The maximum Gasteiger partial charge on any atom is 0.387 e. The van der Waals surface area contributed by atoms with Crippen LogP contribution in [0.15, 0.2) is 36.5 Å². The molecule has 8 nitrogen and oxygen atoms in total. The largest absolute Gasteiger partial charge is 0.479 e. The van der Waals surface area contributed by atoms with Crippen LogP contribution in [0.5, 0.6) is 11.6 Å². The number of ether oxygens (including phenoxy) is 2. The van der Waals surface area contributed by atoms with Crippen LogP contribution in [-0.4, -0.2) is 47.0 Å². The van der Waals surface area contributed by atoms with Gasteiger partial charge in [-0.2, -0.15) is 13.8 Å². The molecule has 164 valence electrons. The van der Waals surface area contributed by atoms with E-state index in [9.17, 15) is 13.2 Å². The second-order valence-electron chi connectivity index (χ2n) is 6.22. The van der Waals surface area contributed by atoms with Crippen molar-refractivity contribution < 1.29 is 22.6 Å². The third kappa shape index (κ3) is 5.30. The van der Waals surface area contributed by atoms with Gasteiger partial charge in [-0.15, -0.1) is 10.2 Å². The average molecular weight is 434 g/mol. The number of anilines is 3. The number of aromatic nitrogens is 4. The number of alkyl halides is 2. The predicted molar refractivity (Wildman–Crippen MR) is 109 cm³/mol. The fraction of sp³-hybridized carbons (Fsp3) is 0.300. The highest BCUT2D eigenvalue weighted by Crippen LogP contribution is 2.31. The molecule has 1 N–H and O–H groups in total. The van der Waals surface area contributed by atoms with E-state index in [0.717, 1.165) is 6.20 Å². The molecule has 0 fully saturated rings. The van der Waals surface area contributed by atoms with E-state index in [-0.39, 0.29) is 23.3 Å². The SMILES string of the molecule is CCN(CC)c1ncc(F)c(Nc2cc(-c3ccc(OC(F)F)cc3)c(OC)nn2)n1. The van der Waals surface area contributed by atoms with Crippen molar-refractivity contribution in [1.82, 2.24) is 20.2 Å². The summed E-state index contributed by atoms with van der Waals surface area (Å²) in [5.41, 5.74) is 1.13. The molecule has 0 spiro atoms. The lowest BCUT2D eigenvalue weighted by atomic mass is 10.1. The number of nitrogens with one attached hydrogen (secondary N) is 1. The molecule has 3 aromatic rings. The van der Waals surface area contributed by atoms with Gasteiger partial charge in [-0.1, -0.05) is 12.1 Å². The van der Waals surface area contributed by atoms with Crippen LogP contribution in [0.25, 0.3) is 11.1 Å². The summed E-state index contributed by atoms with van der Waals surface area (Å²) in [7, 11) is 1.43. The Bertz CT molecular complexity index is 1020. The van der Waals surface area contributed by atoms with Gasteiger partial charge < -0.3 is 19.7 Å². The third-order valence-corrected chi connectivity index (χ3v) is 4.37. The van der Waals surface area contributed by atoms with Gasteiger partial charge in [-0.25, -0.2) is 9.37 Å². The van der Waals surface area contributed by atoms with Crippen LogP contribution >= 0.6 is 0 Å². The molecule has 0 saturated heterocycles. The fourth-order valence-electron chi connectivity index (χ4n) is 2.84. The zero-order valence-corrected chi connectivity index (χ0v) is 17.1. The summed E-state index contributed by atoms with van der Waals surface area (Å²) in [6, 6.07) is 7.53. The molecule has 0 saturated carbocycles.